The minimum Gasteiger partial charge on any atom is -0.493 e. The number of carboxylic acid groups (broad SMARTS) is 1. The van der Waals surface area contributed by atoms with Crippen LogP contribution in [0.5, 0.6) is 11.5 Å². The summed E-state index contributed by atoms with van der Waals surface area (Å²) in [4.78, 5) is 24.0. The van der Waals surface area contributed by atoms with Gasteiger partial charge in [-0.15, -0.1) is 0 Å². The van der Waals surface area contributed by atoms with Gasteiger partial charge in [0.05, 0.1) is 30.3 Å². The zero-order valence-electron chi connectivity index (χ0n) is 25.5. The van der Waals surface area contributed by atoms with E-state index in [0.717, 1.165) is 33.8 Å². The van der Waals surface area contributed by atoms with Crippen molar-refractivity contribution in [3.05, 3.63) is 162 Å². The van der Waals surface area contributed by atoms with Crippen LogP contribution in [-0.2, 0) is 6.61 Å². The monoisotopic (exact) mass is 621 g/mol. The molecule has 0 fully saturated rings. The summed E-state index contributed by atoms with van der Waals surface area (Å²) in [5.74, 6) is -0.307. The van der Waals surface area contributed by atoms with Gasteiger partial charge in [-0.25, -0.2) is 10.2 Å². The maximum absolute atomic E-state index is 13.0. The molecule has 1 heterocycles. The van der Waals surface area contributed by atoms with E-state index in [1.54, 1.807) is 42.5 Å². The fourth-order valence-electron chi connectivity index (χ4n) is 5.16. The van der Waals surface area contributed by atoms with E-state index in [9.17, 15) is 9.59 Å². The molecule has 0 radical (unpaired) electrons. The van der Waals surface area contributed by atoms with Crippen LogP contribution in [0.25, 0.3) is 28.2 Å². The molecule has 5 aromatic carbocycles. The van der Waals surface area contributed by atoms with Gasteiger partial charge in [-0.3, -0.25) is 4.79 Å². The average molecular weight is 622 g/mol. The first-order valence-electron chi connectivity index (χ1n) is 14.9. The molecule has 0 aliphatic heterocycles. The Morgan fingerprint density at radius 2 is 1.32 bits per heavy atom. The first-order valence-corrected chi connectivity index (χ1v) is 14.9. The first kappa shape index (κ1) is 30.6. The minimum atomic E-state index is -0.978. The molecule has 1 aromatic heterocycles. The van der Waals surface area contributed by atoms with Crippen LogP contribution < -0.4 is 14.9 Å². The summed E-state index contributed by atoms with van der Waals surface area (Å²) >= 11 is 0. The second kappa shape index (κ2) is 14.1. The highest BCUT2D eigenvalue weighted by Gasteiger charge is 2.14. The van der Waals surface area contributed by atoms with Crippen molar-refractivity contribution in [1.82, 2.24) is 9.99 Å². The number of hydrogen-bond donors (Lipinski definition) is 2. The van der Waals surface area contributed by atoms with Crippen molar-refractivity contribution in [1.29, 1.82) is 0 Å². The second-order valence-electron chi connectivity index (χ2n) is 10.6. The third-order valence-electron chi connectivity index (χ3n) is 7.57. The molecule has 1 amide bonds. The highest BCUT2D eigenvalue weighted by Crippen LogP contribution is 2.32. The van der Waals surface area contributed by atoms with E-state index < -0.39 is 5.97 Å². The van der Waals surface area contributed by atoms with Crippen LogP contribution >= 0.6 is 0 Å². The van der Waals surface area contributed by atoms with Gasteiger partial charge in [0, 0.05) is 11.3 Å². The van der Waals surface area contributed by atoms with Gasteiger partial charge in [-0.05, 0) is 89.0 Å². The predicted octanol–water partition coefficient (Wildman–Crippen LogP) is 7.86. The predicted molar refractivity (Wildman–Crippen MR) is 182 cm³/mol. The van der Waals surface area contributed by atoms with Crippen molar-refractivity contribution in [2.24, 2.45) is 5.10 Å². The number of carbonyl (C=O) groups is 2. The summed E-state index contributed by atoms with van der Waals surface area (Å²) in [5.41, 5.74) is 10.0. The summed E-state index contributed by atoms with van der Waals surface area (Å²) in [7, 11) is 1.54. The number of aromatic carboxylic acids is 1. The molecule has 0 bridgehead atoms. The van der Waals surface area contributed by atoms with Gasteiger partial charge in [-0.2, -0.15) is 5.10 Å². The Kier molecular flexibility index (Phi) is 9.20. The molecule has 47 heavy (non-hydrogen) atoms. The second-order valence-corrected chi connectivity index (χ2v) is 10.6. The lowest BCUT2D eigenvalue weighted by molar-refractivity contribution is 0.0696. The minimum absolute atomic E-state index is 0.214. The van der Waals surface area contributed by atoms with Crippen LogP contribution in [0.15, 0.2) is 145 Å². The van der Waals surface area contributed by atoms with E-state index >= 15 is 0 Å². The molecular weight excluding hydrogens is 590 g/mol. The van der Waals surface area contributed by atoms with Crippen LogP contribution in [-0.4, -0.2) is 34.9 Å². The smallest absolute Gasteiger partial charge is 0.335 e. The zero-order chi connectivity index (χ0) is 32.6. The van der Waals surface area contributed by atoms with Crippen molar-refractivity contribution < 1.29 is 24.2 Å². The summed E-state index contributed by atoms with van der Waals surface area (Å²) in [6, 6.07) is 43.9. The molecular formula is C39H31N3O5. The fourth-order valence-corrected chi connectivity index (χ4v) is 5.16. The first-order chi connectivity index (χ1) is 23.0. The van der Waals surface area contributed by atoms with Crippen LogP contribution in [0.1, 0.15) is 31.8 Å². The number of carbonyl (C=O) groups excluding carboxylic acids is 1. The molecule has 0 spiro atoms. The number of rotatable bonds is 11. The molecule has 8 nitrogen and oxygen atoms in total. The summed E-state index contributed by atoms with van der Waals surface area (Å²) < 4.78 is 13.6. The maximum Gasteiger partial charge on any atom is 0.335 e. The number of hydrazone groups is 1. The largest absolute Gasteiger partial charge is 0.493 e. The molecule has 0 saturated heterocycles. The van der Waals surface area contributed by atoms with Crippen molar-refractivity contribution in [2.45, 2.75) is 6.61 Å². The van der Waals surface area contributed by atoms with E-state index in [2.05, 4.69) is 51.5 Å². The average Bonchev–Trinajstić information content (AvgIpc) is 3.57. The lowest BCUT2D eigenvalue weighted by Gasteiger charge is -2.15. The molecule has 2 N–H and O–H groups in total. The van der Waals surface area contributed by atoms with Crippen LogP contribution in [0.2, 0.25) is 0 Å². The molecule has 0 aliphatic carbocycles. The Labute approximate surface area is 272 Å². The SMILES string of the molecule is COc1cc(/C=N\NC(=O)c2ccc(-n3c(-c4ccccc4)ccc3-c3ccccc3)cc2)ccc1OCc1ccc(C(=O)O)cc1. The topological polar surface area (TPSA) is 102 Å². The van der Waals surface area contributed by atoms with Crippen molar-refractivity contribution in [2.75, 3.05) is 7.11 Å². The molecule has 0 unspecified atom stereocenters. The van der Waals surface area contributed by atoms with Gasteiger partial charge in [0.25, 0.3) is 5.91 Å². The maximum atomic E-state index is 13.0. The number of hydrogen-bond acceptors (Lipinski definition) is 5. The number of benzene rings is 5. The standard InChI is InChI=1S/C39H31N3O5/c1-46-37-24-28(14-23-36(37)47-26-27-12-15-32(16-13-27)39(44)45)25-40-41-38(43)31-17-19-33(20-18-31)42-34(29-8-4-2-5-9-29)21-22-35(42)30-10-6-3-7-11-30/h2-25H,26H2,1H3,(H,41,43)(H,44,45)/b40-25-. The number of nitrogens with one attached hydrogen (secondary N) is 1. The van der Waals surface area contributed by atoms with E-state index in [-0.39, 0.29) is 18.1 Å². The van der Waals surface area contributed by atoms with Gasteiger partial charge < -0.3 is 19.1 Å². The molecule has 6 aromatic rings. The zero-order valence-corrected chi connectivity index (χ0v) is 25.5. The van der Waals surface area contributed by atoms with E-state index in [1.165, 1.54) is 25.5 Å². The Bertz CT molecular complexity index is 1960. The number of methoxy groups -OCH3 is 1. The van der Waals surface area contributed by atoms with E-state index in [0.29, 0.717) is 22.6 Å². The van der Waals surface area contributed by atoms with Crippen molar-refractivity contribution >= 4 is 18.1 Å². The number of amides is 1. The number of nitrogens with zero attached hydrogens (tertiary/aromatic N) is 2. The third-order valence-corrected chi connectivity index (χ3v) is 7.57. The molecule has 0 atom stereocenters. The molecule has 0 aliphatic rings. The quantitative estimate of drug-likeness (QED) is 0.113. The highest BCUT2D eigenvalue weighted by atomic mass is 16.5. The number of aromatic nitrogens is 1. The Morgan fingerprint density at radius 1 is 0.723 bits per heavy atom. The molecule has 0 saturated carbocycles. The van der Waals surface area contributed by atoms with Crippen LogP contribution in [0.4, 0.5) is 0 Å². The number of carboxylic acids is 1. The Balaban J connectivity index is 1.13. The molecule has 8 heteroatoms. The van der Waals surface area contributed by atoms with Crippen molar-refractivity contribution in [3.63, 3.8) is 0 Å². The highest BCUT2D eigenvalue weighted by molar-refractivity contribution is 5.95. The van der Waals surface area contributed by atoms with Gasteiger partial charge >= 0.3 is 5.97 Å². The third kappa shape index (κ3) is 7.13. The van der Waals surface area contributed by atoms with Gasteiger partial charge in [0.1, 0.15) is 6.61 Å². The van der Waals surface area contributed by atoms with E-state index in [4.69, 9.17) is 14.6 Å². The lowest BCUT2D eigenvalue weighted by Crippen LogP contribution is -2.17. The van der Waals surface area contributed by atoms with Crippen LogP contribution in [0.3, 0.4) is 0 Å². The molecule has 6 rings (SSSR count). The lowest BCUT2D eigenvalue weighted by atomic mass is 10.1. The van der Waals surface area contributed by atoms with Crippen LogP contribution in [0, 0.1) is 0 Å². The summed E-state index contributed by atoms with van der Waals surface area (Å²) in [5, 5.41) is 13.2. The van der Waals surface area contributed by atoms with Gasteiger partial charge in [0.15, 0.2) is 11.5 Å². The summed E-state index contributed by atoms with van der Waals surface area (Å²) in [6.07, 6.45) is 1.53. The number of ether oxygens (including phenoxy) is 2. The summed E-state index contributed by atoms with van der Waals surface area (Å²) in [6.45, 7) is 0.240. The normalized spacial score (nSPS) is 10.9. The Hall–Kier alpha value is -6.41. The Morgan fingerprint density at radius 3 is 1.89 bits per heavy atom. The van der Waals surface area contributed by atoms with Gasteiger partial charge in [0.2, 0.25) is 0 Å². The van der Waals surface area contributed by atoms with Crippen molar-refractivity contribution in [3.8, 4) is 39.7 Å². The van der Waals surface area contributed by atoms with Gasteiger partial charge in [-0.1, -0.05) is 72.8 Å². The van der Waals surface area contributed by atoms with E-state index in [1.807, 2.05) is 48.5 Å². The molecule has 232 valence electrons. The fraction of sp³-hybridized carbons (Fsp3) is 0.0513.